The first-order valence-corrected chi connectivity index (χ1v) is 5.39. The number of hydrogen-bond donors (Lipinski definition) is 3. The molecule has 1 atom stereocenters. The van der Waals surface area contributed by atoms with E-state index in [2.05, 4.69) is 10.5 Å². The van der Waals surface area contributed by atoms with Crippen LogP contribution in [0.4, 0.5) is 4.79 Å². The van der Waals surface area contributed by atoms with Crippen molar-refractivity contribution in [3.05, 3.63) is 0 Å². The van der Waals surface area contributed by atoms with Crippen molar-refractivity contribution < 1.29 is 14.7 Å². The SMILES string of the molecule is CCC(CC(N)=NO)NC(=O)OCC(C)C. The predicted octanol–water partition coefficient (Wildman–Crippen LogP) is 1.28. The Morgan fingerprint density at radius 1 is 1.56 bits per heavy atom. The number of amides is 1. The molecule has 0 spiro atoms. The van der Waals surface area contributed by atoms with E-state index in [0.29, 0.717) is 25.4 Å². The van der Waals surface area contributed by atoms with Crippen molar-refractivity contribution in [3.8, 4) is 0 Å². The fraction of sp³-hybridized carbons (Fsp3) is 0.800. The summed E-state index contributed by atoms with van der Waals surface area (Å²) < 4.78 is 4.96. The molecule has 0 aromatic carbocycles. The van der Waals surface area contributed by atoms with E-state index in [0.717, 1.165) is 0 Å². The second-order valence-electron chi connectivity index (χ2n) is 4.04. The normalized spacial score (nSPS) is 13.6. The fourth-order valence-corrected chi connectivity index (χ4v) is 1.04. The topological polar surface area (TPSA) is 96.9 Å². The minimum absolute atomic E-state index is 0.0935. The van der Waals surface area contributed by atoms with Gasteiger partial charge in [0.1, 0.15) is 5.84 Å². The number of carbonyl (C=O) groups is 1. The smallest absolute Gasteiger partial charge is 0.407 e. The Bertz CT molecular complexity index is 241. The first kappa shape index (κ1) is 14.5. The Labute approximate surface area is 95.8 Å². The van der Waals surface area contributed by atoms with Crippen LogP contribution in [0.1, 0.15) is 33.6 Å². The van der Waals surface area contributed by atoms with Crippen molar-refractivity contribution in [1.29, 1.82) is 0 Å². The Kier molecular flexibility index (Phi) is 7.07. The zero-order valence-corrected chi connectivity index (χ0v) is 10.1. The van der Waals surface area contributed by atoms with Crippen LogP contribution in [0.5, 0.6) is 0 Å². The standard InChI is InChI=1S/C10H21N3O3/c1-4-8(5-9(11)13-15)12-10(14)16-6-7(2)3/h7-8,15H,4-6H2,1-3H3,(H2,11,13)(H,12,14). The van der Waals surface area contributed by atoms with Gasteiger partial charge < -0.3 is 21.0 Å². The molecule has 0 fully saturated rings. The Morgan fingerprint density at radius 3 is 2.62 bits per heavy atom. The molecule has 1 unspecified atom stereocenters. The number of oxime groups is 1. The Morgan fingerprint density at radius 2 is 2.19 bits per heavy atom. The minimum atomic E-state index is -0.466. The van der Waals surface area contributed by atoms with Crippen molar-refractivity contribution >= 4 is 11.9 Å². The molecule has 0 saturated carbocycles. The van der Waals surface area contributed by atoms with Crippen LogP contribution in [0.15, 0.2) is 5.16 Å². The van der Waals surface area contributed by atoms with E-state index in [1.165, 1.54) is 0 Å². The third-order valence-electron chi connectivity index (χ3n) is 1.95. The highest BCUT2D eigenvalue weighted by molar-refractivity contribution is 5.80. The molecule has 0 aromatic heterocycles. The molecule has 0 aliphatic rings. The summed E-state index contributed by atoms with van der Waals surface area (Å²) in [6, 6.07) is -0.171. The summed E-state index contributed by atoms with van der Waals surface area (Å²) in [5.41, 5.74) is 5.36. The highest BCUT2D eigenvalue weighted by Crippen LogP contribution is 1.99. The highest BCUT2D eigenvalue weighted by atomic mass is 16.5. The van der Waals surface area contributed by atoms with Crippen LogP contribution >= 0.6 is 0 Å². The van der Waals surface area contributed by atoms with E-state index in [4.69, 9.17) is 15.7 Å². The Balaban J connectivity index is 3.97. The minimum Gasteiger partial charge on any atom is -0.449 e. The van der Waals surface area contributed by atoms with Crippen LogP contribution in [0, 0.1) is 5.92 Å². The first-order valence-electron chi connectivity index (χ1n) is 5.39. The van der Waals surface area contributed by atoms with Gasteiger partial charge in [-0.2, -0.15) is 0 Å². The van der Waals surface area contributed by atoms with E-state index in [-0.39, 0.29) is 11.9 Å². The van der Waals surface area contributed by atoms with Gasteiger partial charge in [0, 0.05) is 12.5 Å². The van der Waals surface area contributed by atoms with Gasteiger partial charge in [0.25, 0.3) is 0 Å². The van der Waals surface area contributed by atoms with Crippen molar-refractivity contribution in [1.82, 2.24) is 5.32 Å². The molecule has 16 heavy (non-hydrogen) atoms. The molecule has 0 rings (SSSR count). The number of nitrogens with two attached hydrogens (primary N) is 1. The zero-order chi connectivity index (χ0) is 12.6. The maximum Gasteiger partial charge on any atom is 0.407 e. The molecule has 0 radical (unpaired) electrons. The molecule has 0 aromatic rings. The molecule has 0 saturated heterocycles. The van der Waals surface area contributed by atoms with E-state index >= 15 is 0 Å². The van der Waals surface area contributed by atoms with E-state index < -0.39 is 6.09 Å². The number of nitrogens with one attached hydrogen (secondary N) is 1. The van der Waals surface area contributed by atoms with Gasteiger partial charge in [-0.05, 0) is 12.3 Å². The van der Waals surface area contributed by atoms with Gasteiger partial charge in [-0.1, -0.05) is 25.9 Å². The molecule has 94 valence electrons. The van der Waals surface area contributed by atoms with Gasteiger partial charge in [0.2, 0.25) is 0 Å². The summed E-state index contributed by atoms with van der Waals surface area (Å²) in [5.74, 6) is 0.394. The van der Waals surface area contributed by atoms with Gasteiger partial charge >= 0.3 is 6.09 Å². The molecule has 0 bridgehead atoms. The average molecular weight is 231 g/mol. The summed E-state index contributed by atoms with van der Waals surface area (Å²) in [4.78, 5) is 11.3. The van der Waals surface area contributed by atoms with Crippen LogP contribution in [0.25, 0.3) is 0 Å². The van der Waals surface area contributed by atoms with Crippen LogP contribution in [0.3, 0.4) is 0 Å². The highest BCUT2D eigenvalue weighted by Gasteiger charge is 2.13. The molecule has 4 N–H and O–H groups in total. The van der Waals surface area contributed by atoms with Crippen molar-refractivity contribution in [2.24, 2.45) is 16.8 Å². The first-order chi connectivity index (χ1) is 7.49. The van der Waals surface area contributed by atoms with Gasteiger partial charge in [0.05, 0.1) is 6.61 Å². The summed E-state index contributed by atoms with van der Waals surface area (Å²) in [6.45, 7) is 6.20. The maximum atomic E-state index is 11.3. The molecular weight excluding hydrogens is 210 g/mol. The second kappa shape index (κ2) is 7.78. The summed E-state index contributed by atoms with van der Waals surface area (Å²) >= 11 is 0. The van der Waals surface area contributed by atoms with E-state index in [1.807, 2.05) is 20.8 Å². The van der Waals surface area contributed by atoms with Gasteiger partial charge in [-0.25, -0.2) is 4.79 Å². The fourth-order valence-electron chi connectivity index (χ4n) is 1.04. The number of ether oxygens (including phenoxy) is 1. The van der Waals surface area contributed by atoms with Crippen LogP contribution in [-0.4, -0.2) is 29.8 Å². The number of amidine groups is 1. The van der Waals surface area contributed by atoms with Crippen LogP contribution in [-0.2, 0) is 4.74 Å². The molecule has 1 amide bonds. The number of nitrogens with zero attached hydrogens (tertiary/aromatic N) is 1. The van der Waals surface area contributed by atoms with Crippen molar-refractivity contribution in [3.63, 3.8) is 0 Å². The molecule has 0 aliphatic carbocycles. The van der Waals surface area contributed by atoms with Crippen LogP contribution < -0.4 is 11.1 Å². The largest absolute Gasteiger partial charge is 0.449 e. The van der Waals surface area contributed by atoms with Gasteiger partial charge in [-0.3, -0.25) is 0 Å². The third-order valence-corrected chi connectivity index (χ3v) is 1.95. The monoisotopic (exact) mass is 231 g/mol. The van der Waals surface area contributed by atoms with Crippen LogP contribution in [0.2, 0.25) is 0 Å². The molecule has 0 aliphatic heterocycles. The zero-order valence-electron chi connectivity index (χ0n) is 10.1. The second-order valence-corrected chi connectivity index (χ2v) is 4.04. The van der Waals surface area contributed by atoms with E-state index in [1.54, 1.807) is 0 Å². The molecule has 0 heterocycles. The number of carbonyl (C=O) groups excluding carboxylic acids is 1. The quantitative estimate of drug-likeness (QED) is 0.277. The van der Waals surface area contributed by atoms with E-state index in [9.17, 15) is 4.79 Å². The summed E-state index contributed by atoms with van der Waals surface area (Å²) in [7, 11) is 0. The van der Waals surface area contributed by atoms with Crippen molar-refractivity contribution in [2.75, 3.05) is 6.61 Å². The Hall–Kier alpha value is -1.46. The summed E-state index contributed by atoms with van der Waals surface area (Å²) in [6.07, 6.45) is 0.530. The molecule has 6 nitrogen and oxygen atoms in total. The lowest BCUT2D eigenvalue weighted by Crippen LogP contribution is -2.38. The number of hydrogen-bond acceptors (Lipinski definition) is 4. The average Bonchev–Trinajstić information content (AvgIpc) is 2.25. The predicted molar refractivity (Wildman–Crippen MR) is 61.4 cm³/mol. The molecular formula is C10H21N3O3. The van der Waals surface area contributed by atoms with Gasteiger partial charge in [0.15, 0.2) is 0 Å². The maximum absolute atomic E-state index is 11.3. The lowest BCUT2D eigenvalue weighted by molar-refractivity contribution is 0.129. The number of alkyl carbamates (subject to hydrolysis) is 1. The van der Waals surface area contributed by atoms with Gasteiger partial charge in [-0.15, -0.1) is 0 Å². The number of rotatable bonds is 6. The van der Waals surface area contributed by atoms with Crippen molar-refractivity contribution in [2.45, 2.75) is 39.7 Å². The lowest BCUT2D eigenvalue weighted by atomic mass is 10.1. The summed E-state index contributed by atoms with van der Waals surface area (Å²) in [5, 5.41) is 13.9. The third kappa shape index (κ3) is 6.92. The molecule has 6 heteroatoms. The lowest BCUT2D eigenvalue weighted by Gasteiger charge is -2.16.